The Balaban J connectivity index is 2.32. The van der Waals surface area contributed by atoms with Crippen molar-refractivity contribution in [2.45, 2.75) is 9.79 Å². The molecule has 2 N–H and O–H groups in total. The molecule has 2 rings (SSSR count). The highest BCUT2D eigenvalue weighted by Crippen LogP contribution is 2.36. The van der Waals surface area contributed by atoms with Gasteiger partial charge >= 0.3 is 0 Å². The normalized spacial score (nSPS) is 9.88. The SMILES string of the molecule is N#Cc1ccc(Sc2ccccc2Br)c(N)c1. The third kappa shape index (κ3) is 2.82. The molecule has 0 radical (unpaired) electrons. The number of anilines is 1. The number of benzene rings is 2. The van der Waals surface area contributed by atoms with E-state index in [4.69, 9.17) is 11.0 Å². The first-order valence-electron chi connectivity index (χ1n) is 4.92. The summed E-state index contributed by atoms with van der Waals surface area (Å²) in [5, 5.41) is 8.77. The lowest BCUT2D eigenvalue weighted by atomic mass is 10.2. The van der Waals surface area contributed by atoms with Gasteiger partial charge in [0.15, 0.2) is 0 Å². The minimum Gasteiger partial charge on any atom is -0.398 e. The minimum atomic E-state index is 0.582. The molecule has 0 spiro atoms. The molecule has 0 fully saturated rings. The van der Waals surface area contributed by atoms with E-state index >= 15 is 0 Å². The summed E-state index contributed by atoms with van der Waals surface area (Å²) in [5.74, 6) is 0. The highest BCUT2D eigenvalue weighted by Gasteiger charge is 2.05. The maximum absolute atomic E-state index is 8.77. The second-order valence-corrected chi connectivity index (χ2v) is 5.34. The third-order valence-electron chi connectivity index (χ3n) is 2.20. The molecule has 0 saturated heterocycles. The van der Waals surface area contributed by atoms with Crippen molar-refractivity contribution in [2.75, 3.05) is 5.73 Å². The molecule has 17 heavy (non-hydrogen) atoms. The van der Waals surface area contributed by atoms with E-state index in [1.54, 1.807) is 23.9 Å². The van der Waals surface area contributed by atoms with Crippen LogP contribution in [0.4, 0.5) is 5.69 Å². The molecular formula is C13H9BrN2S. The fourth-order valence-electron chi connectivity index (χ4n) is 1.36. The maximum Gasteiger partial charge on any atom is 0.0992 e. The molecule has 0 bridgehead atoms. The van der Waals surface area contributed by atoms with Gasteiger partial charge in [0, 0.05) is 20.0 Å². The Hall–Kier alpha value is -1.44. The van der Waals surface area contributed by atoms with Crippen LogP contribution in [-0.2, 0) is 0 Å². The first-order chi connectivity index (χ1) is 8.20. The zero-order valence-electron chi connectivity index (χ0n) is 8.85. The molecule has 0 aromatic heterocycles. The molecule has 4 heteroatoms. The van der Waals surface area contributed by atoms with Gasteiger partial charge in [0.05, 0.1) is 11.6 Å². The smallest absolute Gasteiger partial charge is 0.0992 e. The fourth-order valence-corrected chi connectivity index (χ4v) is 2.75. The van der Waals surface area contributed by atoms with E-state index < -0.39 is 0 Å². The van der Waals surface area contributed by atoms with Crippen molar-refractivity contribution >= 4 is 33.4 Å². The second-order valence-electron chi connectivity index (χ2n) is 3.40. The zero-order valence-corrected chi connectivity index (χ0v) is 11.3. The Kier molecular flexibility index (Phi) is 3.72. The van der Waals surface area contributed by atoms with Gasteiger partial charge in [-0.25, -0.2) is 0 Å². The van der Waals surface area contributed by atoms with Crippen LogP contribution < -0.4 is 5.73 Å². The van der Waals surface area contributed by atoms with Crippen LogP contribution >= 0.6 is 27.7 Å². The summed E-state index contributed by atoms with van der Waals surface area (Å²) in [6, 6.07) is 15.4. The van der Waals surface area contributed by atoms with Crippen LogP contribution in [0.1, 0.15) is 5.56 Å². The van der Waals surface area contributed by atoms with Crippen LogP contribution in [0.25, 0.3) is 0 Å². The molecule has 2 nitrogen and oxygen atoms in total. The van der Waals surface area contributed by atoms with Crippen LogP contribution in [0.2, 0.25) is 0 Å². The molecule has 84 valence electrons. The van der Waals surface area contributed by atoms with E-state index in [-0.39, 0.29) is 0 Å². The molecule has 0 aliphatic rings. The van der Waals surface area contributed by atoms with Crippen molar-refractivity contribution in [3.05, 3.63) is 52.5 Å². The summed E-state index contributed by atoms with van der Waals surface area (Å²) in [4.78, 5) is 2.06. The van der Waals surface area contributed by atoms with Gasteiger partial charge in [0.2, 0.25) is 0 Å². The molecule has 0 unspecified atom stereocenters. The average Bonchev–Trinajstić information content (AvgIpc) is 2.34. The van der Waals surface area contributed by atoms with Crippen LogP contribution in [0.3, 0.4) is 0 Å². The summed E-state index contributed by atoms with van der Waals surface area (Å²) < 4.78 is 1.04. The predicted molar refractivity (Wildman–Crippen MR) is 73.8 cm³/mol. The van der Waals surface area contributed by atoms with Gasteiger partial charge in [0.1, 0.15) is 0 Å². The van der Waals surface area contributed by atoms with Gasteiger partial charge < -0.3 is 5.73 Å². The standard InChI is InChI=1S/C13H9BrN2S/c14-10-3-1-2-4-12(10)17-13-6-5-9(8-15)7-11(13)16/h1-7H,16H2. The van der Waals surface area contributed by atoms with Gasteiger partial charge in [0.25, 0.3) is 0 Å². The van der Waals surface area contributed by atoms with Crippen molar-refractivity contribution in [3.8, 4) is 6.07 Å². The van der Waals surface area contributed by atoms with Crippen molar-refractivity contribution in [1.29, 1.82) is 5.26 Å². The van der Waals surface area contributed by atoms with Gasteiger partial charge in [-0.3, -0.25) is 0 Å². The number of halogens is 1. The quantitative estimate of drug-likeness (QED) is 0.851. The summed E-state index contributed by atoms with van der Waals surface area (Å²) in [7, 11) is 0. The lowest BCUT2D eigenvalue weighted by Gasteiger charge is -2.07. The average molecular weight is 305 g/mol. The summed E-state index contributed by atoms with van der Waals surface area (Å²) in [6.45, 7) is 0. The zero-order chi connectivity index (χ0) is 12.3. The Morgan fingerprint density at radius 1 is 1.12 bits per heavy atom. The minimum absolute atomic E-state index is 0.582. The van der Waals surface area contributed by atoms with Crippen LogP contribution in [0, 0.1) is 11.3 Å². The molecular weight excluding hydrogens is 296 g/mol. The van der Waals surface area contributed by atoms with Gasteiger partial charge in [-0.05, 0) is 46.3 Å². The Labute approximate surface area is 113 Å². The topological polar surface area (TPSA) is 49.8 Å². The highest BCUT2D eigenvalue weighted by atomic mass is 79.9. The van der Waals surface area contributed by atoms with E-state index in [0.717, 1.165) is 14.3 Å². The molecule has 0 atom stereocenters. The van der Waals surface area contributed by atoms with E-state index in [1.165, 1.54) is 0 Å². The van der Waals surface area contributed by atoms with Crippen LogP contribution in [0.15, 0.2) is 56.7 Å². The van der Waals surface area contributed by atoms with Gasteiger partial charge in [-0.15, -0.1) is 0 Å². The number of hydrogen-bond donors (Lipinski definition) is 1. The summed E-state index contributed by atoms with van der Waals surface area (Å²) in [5.41, 5.74) is 7.12. The second kappa shape index (κ2) is 5.26. The number of nitrogens with two attached hydrogens (primary N) is 1. The van der Waals surface area contributed by atoms with Crippen molar-refractivity contribution in [2.24, 2.45) is 0 Å². The lowest BCUT2D eigenvalue weighted by molar-refractivity contribution is 1.37. The first-order valence-corrected chi connectivity index (χ1v) is 6.53. The van der Waals surface area contributed by atoms with E-state index in [0.29, 0.717) is 11.3 Å². The molecule has 0 heterocycles. The molecule has 0 amide bonds. The van der Waals surface area contributed by atoms with Crippen molar-refractivity contribution in [1.82, 2.24) is 0 Å². The van der Waals surface area contributed by atoms with Crippen LogP contribution in [-0.4, -0.2) is 0 Å². The predicted octanol–water partition coefficient (Wildman–Crippen LogP) is 4.05. The van der Waals surface area contributed by atoms with Gasteiger partial charge in [-0.2, -0.15) is 5.26 Å². The molecule has 2 aromatic carbocycles. The lowest BCUT2D eigenvalue weighted by Crippen LogP contribution is -1.89. The van der Waals surface area contributed by atoms with Gasteiger partial charge in [-0.1, -0.05) is 23.9 Å². The Bertz CT molecular complexity index is 590. The Morgan fingerprint density at radius 3 is 2.53 bits per heavy atom. The first kappa shape index (κ1) is 12.0. The molecule has 2 aromatic rings. The largest absolute Gasteiger partial charge is 0.398 e. The molecule has 0 aliphatic carbocycles. The van der Waals surface area contributed by atoms with Crippen molar-refractivity contribution < 1.29 is 0 Å². The van der Waals surface area contributed by atoms with E-state index in [9.17, 15) is 0 Å². The number of rotatable bonds is 2. The third-order valence-corrected chi connectivity index (χ3v) is 4.32. The summed E-state index contributed by atoms with van der Waals surface area (Å²) in [6.07, 6.45) is 0. The highest BCUT2D eigenvalue weighted by molar-refractivity contribution is 9.10. The molecule has 0 saturated carbocycles. The molecule has 0 aliphatic heterocycles. The van der Waals surface area contributed by atoms with E-state index in [2.05, 4.69) is 22.0 Å². The van der Waals surface area contributed by atoms with Crippen LogP contribution in [0.5, 0.6) is 0 Å². The number of nitrogen functional groups attached to an aromatic ring is 1. The van der Waals surface area contributed by atoms with E-state index in [1.807, 2.05) is 30.3 Å². The Morgan fingerprint density at radius 2 is 1.88 bits per heavy atom. The monoisotopic (exact) mass is 304 g/mol. The number of nitrogens with zero attached hydrogens (tertiary/aromatic N) is 1. The fraction of sp³-hybridized carbons (Fsp3) is 0. The maximum atomic E-state index is 8.77. The number of nitriles is 1. The summed E-state index contributed by atoms with van der Waals surface area (Å²) >= 11 is 5.07. The number of hydrogen-bond acceptors (Lipinski definition) is 3. The van der Waals surface area contributed by atoms with Crippen molar-refractivity contribution in [3.63, 3.8) is 0 Å².